The number of carbonyl (C=O) groups excluding carboxylic acids is 1. The van der Waals surface area contributed by atoms with Gasteiger partial charge in [-0.25, -0.2) is 13.1 Å². The summed E-state index contributed by atoms with van der Waals surface area (Å²) in [7, 11) is -1.55. The van der Waals surface area contributed by atoms with Crippen LogP contribution in [0.4, 0.5) is 0 Å². The fourth-order valence-electron chi connectivity index (χ4n) is 2.34. The van der Waals surface area contributed by atoms with E-state index < -0.39 is 15.9 Å². The van der Waals surface area contributed by atoms with Crippen LogP contribution in [0.5, 0.6) is 0 Å². The molecule has 1 saturated heterocycles. The van der Waals surface area contributed by atoms with Gasteiger partial charge in [0.2, 0.25) is 15.9 Å². The molecule has 8 heteroatoms. The smallest absolute Gasteiger partial charge is 0.250 e. The Balaban J connectivity index is 2.05. The van der Waals surface area contributed by atoms with Crippen molar-refractivity contribution in [1.82, 2.24) is 9.62 Å². The first-order chi connectivity index (χ1) is 9.22. The van der Waals surface area contributed by atoms with Crippen molar-refractivity contribution >= 4 is 27.3 Å². The average Bonchev–Trinajstić information content (AvgIpc) is 2.95. The topological polar surface area (TPSA) is 92.5 Å². The molecule has 0 bridgehead atoms. The van der Waals surface area contributed by atoms with Gasteiger partial charge < -0.3 is 10.6 Å². The molecule has 1 atom stereocenters. The first-order valence-corrected chi connectivity index (χ1v) is 8.65. The normalized spacial score (nSPS) is 24.1. The van der Waals surface area contributed by atoms with Gasteiger partial charge in [-0.05, 0) is 31.5 Å². The molecule has 1 aromatic heterocycles. The molecule has 0 radical (unpaired) electrons. The van der Waals surface area contributed by atoms with Gasteiger partial charge in [-0.15, -0.1) is 11.3 Å². The number of sulfonamides is 1. The number of carbonyl (C=O) groups is 1. The van der Waals surface area contributed by atoms with Crippen LogP contribution in [0.1, 0.15) is 23.7 Å². The van der Waals surface area contributed by atoms with Crippen molar-refractivity contribution in [2.45, 2.75) is 17.6 Å². The third-order valence-corrected chi connectivity index (χ3v) is 6.40. The fourth-order valence-corrected chi connectivity index (χ4v) is 4.75. The van der Waals surface area contributed by atoms with E-state index in [-0.39, 0.29) is 15.2 Å². The Bertz CT molecular complexity index is 611. The number of hydrogen-bond acceptors (Lipinski definition) is 5. The summed E-state index contributed by atoms with van der Waals surface area (Å²) < 4.78 is 27.1. The number of hydrogen-bond donors (Lipinski definition) is 2. The predicted molar refractivity (Wildman–Crippen MR) is 78.2 cm³/mol. The minimum absolute atomic E-state index is 0.0500. The molecule has 2 rings (SSSR count). The van der Waals surface area contributed by atoms with Crippen molar-refractivity contribution in [3.63, 3.8) is 0 Å². The molecule has 1 aliphatic heterocycles. The second-order valence-corrected chi connectivity index (χ2v) is 8.55. The molecule has 112 valence electrons. The molecule has 20 heavy (non-hydrogen) atoms. The lowest BCUT2D eigenvalue weighted by Gasteiger charge is -2.23. The summed E-state index contributed by atoms with van der Waals surface area (Å²) in [6.45, 7) is 4.31. The predicted octanol–water partition coefficient (Wildman–Crippen LogP) is 0.467. The summed E-state index contributed by atoms with van der Waals surface area (Å²) in [6, 6.07) is 1.32. The van der Waals surface area contributed by atoms with E-state index in [9.17, 15) is 13.2 Å². The van der Waals surface area contributed by atoms with E-state index in [1.807, 2.05) is 7.05 Å². The Morgan fingerprint density at radius 2 is 2.30 bits per heavy atom. The summed E-state index contributed by atoms with van der Waals surface area (Å²) in [5.74, 6) is -0.618. The highest BCUT2D eigenvalue weighted by atomic mass is 32.2. The zero-order valence-electron chi connectivity index (χ0n) is 11.5. The highest BCUT2D eigenvalue weighted by molar-refractivity contribution is 7.91. The standard InChI is InChI=1S/C12H19N3O3S2/c1-12(3-4-15(2)8-12)7-14-20(17,18)10-5-9(6-19-10)11(13)16/h5-6,14H,3-4,7-8H2,1-2H3,(H2,13,16). The lowest BCUT2D eigenvalue weighted by atomic mass is 9.90. The van der Waals surface area contributed by atoms with E-state index in [0.717, 1.165) is 30.8 Å². The highest BCUT2D eigenvalue weighted by Crippen LogP contribution is 2.29. The van der Waals surface area contributed by atoms with Gasteiger partial charge in [-0.1, -0.05) is 6.92 Å². The lowest BCUT2D eigenvalue weighted by molar-refractivity contribution is 0.100. The number of likely N-dealkylation sites (tertiary alicyclic amines) is 1. The molecule has 3 N–H and O–H groups in total. The molecular weight excluding hydrogens is 298 g/mol. The second kappa shape index (κ2) is 5.44. The van der Waals surface area contributed by atoms with Gasteiger partial charge in [-0.2, -0.15) is 0 Å². The van der Waals surface area contributed by atoms with Gasteiger partial charge in [-0.3, -0.25) is 4.79 Å². The second-order valence-electron chi connectivity index (χ2n) is 5.64. The number of nitrogens with two attached hydrogens (primary N) is 1. The zero-order chi connectivity index (χ0) is 15.0. The molecule has 1 aromatic rings. The molecule has 1 fully saturated rings. The van der Waals surface area contributed by atoms with E-state index in [1.165, 1.54) is 11.4 Å². The van der Waals surface area contributed by atoms with E-state index in [0.29, 0.717) is 6.54 Å². The summed E-state index contributed by atoms with van der Waals surface area (Å²) in [5, 5.41) is 1.46. The minimum atomic E-state index is -3.57. The van der Waals surface area contributed by atoms with Gasteiger partial charge in [0, 0.05) is 18.5 Å². The van der Waals surface area contributed by atoms with E-state index in [2.05, 4.69) is 16.5 Å². The molecule has 0 spiro atoms. The van der Waals surface area contributed by atoms with Crippen LogP contribution in [0.2, 0.25) is 0 Å². The first kappa shape index (κ1) is 15.4. The summed E-state index contributed by atoms with van der Waals surface area (Å²) in [6.07, 6.45) is 0.961. The summed E-state index contributed by atoms with van der Waals surface area (Å²) >= 11 is 1.01. The van der Waals surface area contributed by atoms with Crippen molar-refractivity contribution in [1.29, 1.82) is 0 Å². The average molecular weight is 317 g/mol. The lowest BCUT2D eigenvalue weighted by Crippen LogP contribution is -2.37. The van der Waals surface area contributed by atoms with Crippen molar-refractivity contribution in [3.8, 4) is 0 Å². The number of thiophene rings is 1. The summed E-state index contributed by atoms with van der Waals surface area (Å²) in [4.78, 5) is 13.2. The maximum Gasteiger partial charge on any atom is 0.250 e. The van der Waals surface area contributed by atoms with Gasteiger partial charge in [0.25, 0.3) is 0 Å². The number of amides is 1. The van der Waals surface area contributed by atoms with Crippen molar-refractivity contribution < 1.29 is 13.2 Å². The van der Waals surface area contributed by atoms with E-state index in [1.54, 1.807) is 0 Å². The molecule has 2 heterocycles. The molecule has 6 nitrogen and oxygen atoms in total. The fraction of sp³-hybridized carbons (Fsp3) is 0.583. The molecule has 1 aliphatic rings. The number of nitrogens with one attached hydrogen (secondary N) is 1. The van der Waals surface area contributed by atoms with Crippen LogP contribution < -0.4 is 10.5 Å². The van der Waals surface area contributed by atoms with Crippen molar-refractivity contribution in [2.75, 3.05) is 26.7 Å². The number of primary amides is 1. The van der Waals surface area contributed by atoms with Crippen LogP contribution >= 0.6 is 11.3 Å². The molecule has 1 unspecified atom stereocenters. The highest BCUT2D eigenvalue weighted by Gasteiger charge is 2.33. The van der Waals surface area contributed by atoms with Gasteiger partial charge in [0.15, 0.2) is 0 Å². The van der Waals surface area contributed by atoms with Gasteiger partial charge >= 0.3 is 0 Å². The van der Waals surface area contributed by atoms with Crippen LogP contribution in [0.25, 0.3) is 0 Å². The Kier molecular flexibility index (Phi) is 4.19. The largest absolute Gasteiger partial charge is 0.366 e. The van der Waals surface area contributed by atoms with Crippen LogP contribution in [0, 0.1) is 5.41 Å². The third kappa shape index (κ3) is 3.38. The first-order valence-electron chi connectivity index (χ1n) is 6.28. The molecule has 0 aromatic carbocycles. The molecular formula is C12H19N3O3S2. The van der Waals surface area contributed by atoms with Crippen molar-refractivity contribution in [2.24, 2.45) is 11.1 Å². The maximum absolute atomic E-state index is 12.2. The van der Waals surface area contributed by atoms with Crippen molar-refractivity contribution in [3.05, 3.63) is 17.0 Å². The van der Waals surface area contributed by atoms with Gasteiger partial charge in [0.05, 0.1) is 5.56 Å². The van der Waals surface area contributed by atoms with Crippen LogP contribution in [-0.4, -0.2) is 45.9 Å². The summed E-state index contributed by atoms with van der Waals surface area (Å²) in [5.41, 5.74) is 5.30. The SMILES string of the molecule is CN1CCC(C)(CNS(=O)(=O)c2cc(C(N)=O)cs2)C1. The zero-order valence-corrected chi connectivity index (χ0v) is 13.2. The van der Waals surface area contributed by atoms with Crippen LogP contribution in [0.3, 0.4) is 0 Å². The maximum atomic E-state index is 12.2. The molecule has 0 aliphatic carbocycles. The Hall–Kier alpha value is -0.960. The number of rotatable bonds is 5. The Morgan fingerprint density at radius 3 is 2.80 bits per heavy atom. The minimum Gasteiger partial charge on any atom is -0.366 e. The van der Waals surface area contributed by atoms with Crippen LogP contribution in [0.15, 0.2) is 15.7 Å². The van der Waals surface area contributed by atoms with Gasteiger partial charge in [0.1, 0.15) is 4.21 Å². The molecule has 1 amide bonds. The van der Waals surface area contributed by atoms with E-state index >= 15 is 0 Å². The van der Waals surface area contributed by atoms with Crippen LogP contribution in [-0.2, 0) is 10.0 Å². The molecule has 0 saturated carbocycles. The van der Waals surface area contributed by atoms with E-state index in [4.69, 9.17) is 5.73 Å². The quantitative estimate of drug-likeness (QED) is 0.825. The number of nitrogens with zero attached hydrogens (tertiary/aromatic N) is 1. The Morgan fingerprint density at radius 1 is 1.60 bits per heavy atom. The Labute approximate surface area is 123 Å². The third-order valence-electron chi connectivity index (χ3n) is 3.56. The monoisotopic (exact) mass is 317 g/mol.